The number of nitrogens with zero attached hydrogens (tertiary/aromatic N) is 2. The molecule has 5 rings (SSSR count). The highest BCUT2D eigenvalue weighted by atomic mass is 16.2. The van der Waals surface area contributed by atoms with E-state index in [0.29, 0.717) is 17.7 Å². The molecule has 0 atom stereocenters. The number of amides is 2. The Morgan fingerprint density at radius 3 is 2.18 bits per heavy atom. The van der Waals surface area contributed by atoms with Crippen LogP contribution in [0.4, 0.5) is 5.69 Å². The highest BCUT2D eigenvalue weighted by Crippen LogP contribution is 2.37. The summed E-state index contributed by atoms with van der Waals surface area (Å²) in [5.74, 6) is -0.412. The Kier molecular flexibility index (Phi) is 4.12. The Hall–Kier alpha value is -3.14. The van der Waals surface area contributed by atoms with Crippen molar-refractivity contribution in [2.24, 2.45) is 0 Å². The number of carbonyl (C=O) groups excluding carboxylic acids is 2. The standard InChI is InChI=1S/C24H22N2O2/c27-23-19-11-7-10-18-21(25-14-5-2-6-15-25)13-12-20(22(18)19)24(28)26(23)16-17-8-3-1-4-9-17/h1,3-4,7-13H,2,5-6,14-16H2. The predicted octanol–water partition coefficient (Wildman–Crippen LogP) is 4.63. The number of anilines is 1. The lowest BCUT2D eigenvalue weighted by atomic mass is 9.92. The zero-order valence-corrected chi connectivity index (χ0v) is 15.7. The first-order valence-electron chi connectivity index (χ1n) is 9.95. The van der Waals surface area contributed by atoms with Gasteiger partial charge in [-0.2, -0.15) is 0 Å². The summed E-state index contributed by atoms with van der Waals surface area (Å²) in [5, 5.41) is 1.82. The molecule has 1 fully saturated rings. The Labute approximate surface area is 164 Å². The van der Waals surface area contributed by atoms with Gasteiger partial charge in [-0.05, 0) is 43.0 Å². The van der Waals surface area contributed by atoms with Crippen molar-refractivity contribution in [1.29, 1.82) is 0 Å². The Balaban J connectivity index is 1.61. The first kappa shape index (κ1) is 17.0. The predicted molar refractivity (Wildman–Crippen MR) is 111 cm³/mol. The van der Waals surface area contributed by atoms with Crippen molar-refractivity contribution in [2.75, 3.05) is 18.0 Å². The van der Waals surface area contributed by atoms with E-state index >= 15 is 0 Å². The van der Waals surface area contributed by atoms with Crippen molar-refractivity contribution < 1.29 is 9.59 Å². The Morgan fingerprint density at radius 2 is 1.43 bits per heavy atom. The fourth-order valence-electron chi connectivity index (χ4n) is 4.45. The zero-order chi connectivity index (χ0) is 19.1. The zero-order valence-electron chi connectivity index (χ0n) is 15.7. The van der Waals surface area contributed by atoms with Gasteiger partial charge in [0, 0.05) is 40.7 Å². The van der Waals surface area contributed by atoms with Crippen molar-refractivity contribution >= 4 is 28.3 Å². The van der Waals surface area contributed by atoms with E-state index in [1.807, 2.05) is 54.6 Å². The summed E-state index contributed by atoms with van der Waals surface area (Å²) >= 11 is 0. The highest BCUT2D eigenvalue weighted by molar-refractivity contribution is 6.26. The number of imide groups is 1. The number of hydrogen-bond acceptors (Lipinski definition) is 3. The summed E-state index contributed by atoms with van der Waals surface area (Å²) < 4.78 is 0. The topological polar surface area (TPSA) is 40.6 Å². The number of hydrogen-bond donors (Lipinski definition) is 0. The maximum absolute atomic E-state index is 13.2. The van der Waals surface area contributed by atoms with Crippen LogP contribution in [0.15, 0.2) is 60.7 Å². The lowest BCUT2D eigenvalue weighted by Crippen LogP contribution is -2.40. The largest absolute Gasteiger partial charge is 0.371 e. The summed E-state index contributed by atoms with van der Waals surface area (Å²) in [6.07, 6.45) is 3.64. The van der Waals surface area contributed by atoms with E-state index in [-0.39, 0.29) is 11.8 Å². The summed E-state index contributed by atoms with van der Waals surface area (Å²) in [4.78, 5) is 30.1. The van der Waals surface area contributed by atoms with E-state index in [0.717, 1.165) is 35.1 Å². The van der Waals surface area contributed by atoms with Crippen molar-refractivity contribution in [2.45, 2.75) is 25.8 Å². The van der Waals surface area contributed by atoms with Gasteiger partial charge in [-0.15, -0.1) is 0 Å². The van der Waals surface area contributed by atoms with Gasteiger partial charge in [0.25, 0.3) is 11.8 Å². The van der Waals surface area contributed by atoms with Crippen LogP contribution in [0.1, 0.15) is 45.5 Å². The number of rotatable bonds is 3. The van der Waals surface area contributed by atoms with Crippen LogP contribution in [0.3, 0.4) is 0 Å². The Morgan fingerprint density at radius 1 is 0.714 bits per heavy atom. The molecule has 0 unspecified atom stereocenters. The molecule has 0 N–H and O–H groups in total. The van der Waals surface area contributed by atoms with Crippen LogP contribution in [0.2, 0.25) is 0 Å². The van der Waals surface area contributed by atoms with E-state index < -0.39 is 0 Å². The lowest BCUT2D eigenvalue weighted by molar-refractivity contribution is 0.0598. The SMILES string of the molecule is O=C1c2cccc3c(N4CCCCC4)ccc(c23)C(=O)N1Cc1ccccc1. The van der Waals surface area contributed by atoms with Gasteiger partial charge in [0.15, 0.2) is 0 Å². The number of benzene rings is 3. The van der Waals surface area contributed by atoms with Gasteiger partial charge in [-0.25, -0.2) is 0 Å². The van der Waals surface area contributed by atoms with Crippen LogP contribution in [-0.2, 0) is 6.54 Å². The molecule has 2 amide bonds. The van der Waals surface area contributed by atoms with Crippen LogP contribution in [0, 0.1) is 0 Å². The summed E-state index contributed by atoms with van der Waals surface area (Å²) in [5.41, 5.74) is 3.34. The maximum Gasteiger partial charge on any atom is 0.261 e. The summed E-state index contributed by atoms with van der Waals surface area (Å²) in [6, 6.07) is 19.4. The smallest absolute Gasteiger partial charge is 0.261 e. The van der Waals surface area contributed by atoms with Crippen LogP contribution >= 0.6 is 0 Å². The Bertz CT molecular complexity index is 1050. The monoisotopic (exact) mass is 370 g/mol. The maximum atomic E-state index is 13.2. The molecule has 0 saturated carbocycles. The highest BCUT2D eigenvalue weighted by Gasteiger charge is 2.33. The summed E-state index contributed by atoms with van der Waals surface area (Å²) in [7, 11) is 0. The molecule has 2 aliphatic heterocycles. The van der Waals surface area contributed by atoms with Gasteiger partial charge in [0.2, 0.25) is 0 Å². The fourth-order valence-corrected chi connectivity index (χ4v) is 4.45. The molecule has 0 aromatic heterocycles. The van der Waals surface area contributed by atoms with Gasteiger partial charge in [0.1, 0.15) is 0 Å². The molecule has 0 radical (unpaired) electrons. The second kappa shape index (κ2) is 6.79. The third-order valence-corrected chi connectivity index (χ3v) is 5.85. The van der Waals surface area contributed by atoms with Crippen molar-refractivity contribution in [3.8, 4) is 0 Å². The third-order valence-electron chi connectivity index (χ3n) is 5.85. The average molecular weight is 370 g/mol. The minimum Gasteiger partial charge on any atom is -0.371 e. The molecule has 3 aromatic rings. The second-order valence-corrected chi connectivity index (χ2v) is 7.59. The molecule has 3 aromatic carbocycles. The lowest BCUT2D eigenvalue weighted by Gasteiger charge is -2.32. The van der Waals surface area contributed by atoms with Gasteiger partial charge >= 0.3 is 0 Å². The van der Waals surface area contributed by atoms with Gasteiger partial charge in [0.05, 0.1) is 6.54 Å². The van der Waals surface area contributed by atoms with Crippen LogP contribution in [0.5, 0.6) is 0 Å². The minimum absolute atomic E-state index is 0.206. The number of piperidine rings is 1. The number of carbonyl (C=O) groups is 2. The van der Waals surface area contributed by atoms with E-state index in [1.165, 1.54) is 24.2 Å². The molecule has 0 aliphatic carbocycles. The van der Waals surface area contributed by atoms with E-state index in [4.69, 9.17) is 0 Å². The molecule has 28 heavy (non-hydrogen) atoms. The molecule has 4 heteroatoms. The first-order valence-corrected chi connectivity index (χ1v) is 9.95. The van der Waals surface area contributed by atoms with Crippen molar-refractivity contribution in [3.05, 3.63) is 77.4 Å². The second-order valence-electron chi connectivity index (χ2n) is 7.59. The van der Waals surface area contributed by atoms with Crippen LogP contribution in [-0.4, -0.2) is 29.8 Å². The molecule has 140 valence electrons. The molecule has 2 aliphatic rings. The van der Waals surface area contributed by atoms with Crippen molar-refractivity contribution in [3.63, 3.8) is 0 Å². The first-order chi connectivity index (χ1) is 13.7. The average Bonchev–Trinajstić information content (AvgIpc) is 2.76. The van der Waals surface area contributed by atoms with Gasteiger partial charge in [-0.3, -0.25) is 14.5 Å². The van der Waals surface area contributed by atoms with E-state index in [9.17, 15) is 9.59 Å². The van der Waals surface area contributed by atoms with Crippen molar-refractivity contribution in [1.82, 2.24) is 4.90 Å². The van der Waals surface area contributed by atoms with Crippen LogP contribution in [0.25, 0.3) is 10.8 Å². The normalized spacial score (nSPS) is 16.7. The van der Waals surface area contributed by atoms with E-state index in [1.54, 1.807) is 0 Å². The fraction of sp³-hybridized carbons (Fsp3) is 0.250. The molecule has 4 nitrogen and oxygen atoms in total. The molecular weight excluding hydrogens is 348 g/mol. The van der Waals surface area contributed by atoms with Gasteiger partial charge < -0.3 is 4.90 Å². The summed E-state index contributed by atoms with van der Waals surface area (Å²) in [6.45, 7) is 2.35. The third kappa shape index (κ3) is 2.68. The molecule has 1 saturated heterocycles. The van der Waals surface area contributed by atoms with Crippen LogP contribution < -0.4 is 4.90 Å². The van der Waals surface area contributed by atoms with Gasteiger partial charge in [-0.1, -0.05) is 42.5 Å². The molecule has 0 spiro atoms. The molecular formula is C24H22N2O2. The molecule has 2 heterocycles. The minimum atomic E-state index is -0.206. The van der Waals surface area contributed by atoms with E-state index in [2.05, 4.69) is 11.0 Å². The molecule has 0 bridgehead atoms. The quantitative estimate of drug-likeness (QED) is 0.631.